The molecule has 0 saturated heterocycles. The van der Waals surface area contributed by atoms with E-state index < -0.39 is 28.9 Å². The van der Waals surface area contributed by atoms with Crippen LogP contribution in [-0.4, -0.2) is 31.0 Å². The van der Waals surface area contributed by atoms with E-state index in [-0.39, 0.29) is 12.6 Å². The molecule has 0 bridgehead atoms. The third-order valence-corrected chi connectivity index (χ3v) is 2.90. The van der Waals surface area contributed by atoms with Crippen molar-refractivity contribution in [1.82, 2.24) is 5.32 Å². The van der Waals surface area contributed by atoms with Crippen LogP contribution in [0.15, 0.2) is 12.1 Å². The molecule has 0 spiro atoms. The fraction of sp³-hybridized carbons (Fsp3) is 0.417. The molecule has 3 nitrogen and oxygen atoms in total. The van der Waals surface area contributed by atoms with E-state index in [1.165, 1.54) is 7.11 Å². The van der Waals surface area contributed by atoms with Gasteiger partial charge >= 0.3 is 0 Å². The van der Waals surface area contributed by atoms with Crippen LogP contribution in [0.5, 0.6) is 0 Å². The first-order chi connectivity index (χ1) is 9.01. The standard InChI is InChI=1S/C12H13BrF3NO2/c1-19-6-7(4-5-13)17-12(18)8-2-3-9(14)11(16)10(8)15/h2-3,7H,4-6H2,1H3,(H,17,18). The molecule has 0 aliphatic heterocycles. The van der Waals surface area contributed by atoms with Gasteiger partial charge < -0.3 is 10.1 Å². The van der Waals surface area contributed by atoms with Gasteiger partial charge in [0.15, 0.2) is 17.5 Å². The lowest BCUT2D eigenvalue weighted by atomic mass is 10.1. The van der Waals surface area contributed by atoms with Gasteiger partial charge in [-0.2, -0.15) is 0 Å². The largest absolute Gasteiger partial charge is 0.383 e. The van der Waals surface area contributed by atoms with Crippen LogP contribution in [0.2, 0.25) is 0 Å². The zero-order chi connectivity index (χ0) is 14.4. The number of benzene rings is 1. The van der Waals surface area contributed by atoms with E-state index >= 15 is 0 Å². The van der Waals surface area contributed by atoms with Gasteiger partial charge in [-0.25, -0.2) is 13.2 Å². The van der Waals surface area contributed by atoms with Crippen LogP contribution < -0.4 is 5.32 Å². The van der Waals surface area contributed by atoms with Crippen molar-refractivity contribution < 1.29 is 22.7 Å². The molecule has 0 radical (unpaired) electrons. The van der Waals surface area contributed by atoms with Gasteiger partial charge in [0.05, 0.1) is 18.2 Å². The topological polar surface area (TPSA) is 38.3 Å². The molecule has 1 rings (SSSR count). The monoisotopic (exact) mass is 339 g/mol. The molecule has 1 aromatic carbocycles. The van der Waals surface area contributed by atoms with E-state index in [4.69, 9.17) is 4.74 Å². The minimum Gasteiger partial charge on any atom is -0.383 e. The lowest BCUT2D eigenvalue weighted by Gasteiger charge is -2.17. The van der Waals surface area contributed by atoms with Crippen molar-refractivity contribution in [1.29, 1.82) is 0 Å². The molecule has 1 atom stereocenters. The third-order valence-electron chi connectivity index (χ3n) is 2.44. The summed E-state index contributed by atoms with van der Waals surface area (Å²) in [6.07, 6.45) is 0.560. The molecule has 1 aromatic rings. The fourth-order valence-electron chi connectivity index (χ4n) is 1.49. The number of hydrogen-bond donors (Lipinski definition) is 1. The van der Waals surface area contributed by atoms with Gasteiger partial charge in [-0.1, -0.05) is 15.9 Å². The number of rotatable bonds is 6. The molecule has 106 valence electrons. The van der Waals surface area contributed by atoms with Crippen LogP contribution in [0.1, 0.15) is 16.8 Å². The highest BCUT2D eigenvalue weighted by Crippen LogP contribution is 2.15. The molecule has 7 heteroatoms. The number of halogens is 4. The van der Waals surface area contributed by atoms with Crippen molar-refractivity contribution in [2.45, 2.75) is 12.5 Å². The van der Waals surface area contributed by atoms with Gasteiger partial charge in [-0.15, -0.1) is 0 Å². The first-order valence-corrected chi connectivity index (χ1v) is 6.62. The molecule has 0 saturated carbocycles. The summed E-state index contributed by atoms with van der Waals surface area (Å²) in [6, 6.07) is 1.27. The Hall–Kier alpha value is -1.08. The van der Waals surface area contributed by atoms with E-state index in [1.807, 2.05) is 0 Å². The van der Waals surface area contributed by atoms with Gasteiger partial charge in [0.2, 0.25) is 0 Å². The first kappa shape index (κ1) is 16.0. The van der Waals surface area contributed by atoms with Gasteiger partial charge in [0.25, 0.3) is 5.91 Å². The van der Waals surface area contributed by atoms with Gasteiger partial charge in [0.1, 0.15) is 0 Å². The van der Waals surface area contributed by atoms with E-state index in [9.17, 15) is 18.0 Å². The summed E-state index contributed by atoms with van der Waals surface area (Å²) in [5.41, 5.74) is -0.533. The molecule has 0 aromatic heterocycles. The van der Waals surface area contributed by atoms with Gasteiger partial charge in [-0.3, -0.25) is 4.79 Å². The van der Waals surface area contributed by atoms with E-state index in [0.717, 1.165) is 6.07 Å². The quantitative estimate of drug-likeness (QED) is 0.639. The fourth-order valence-corrected chi connectivity index (χ4v) is 2.05. The van der Waals surface area contributed by atoms with Gasteiger partial charge in [-0.05, 0) is 18.6 Å². The third kappa shape index (κ3) is 4.21. The molecule has 0 aliphatic carbocycles. The number of hydrogen-bond acceptors (Lipinski definition) is 2. The summed E-state index contributed by atoms with van der Waals surface area (Å²) >= 11 is 3.21. The number of methoxy groups -OCH3 is 1. The second-order valence-corrected chi connectivity index (χ2v) is 4.62. The average Bonchev–Trinajstić information content (AvgIpc) is 2.36. The zero-order valence-electron chi connectivity index (χ0n) is 10.2. The number of ether oxygens (including phenoxy) is 1. The van der Waals surface area contributed by atoms with Crippen LogP contribution in [0.25, 0.3) is 0 Å². The normalized spacial score (nSPS) is 12.3. The van der Waals surface area contributed by atoms with Crippen LogP contribution >= 0.6 is 15.9 Å². The van der Waals surface area contributed by atoms with Crippen LogP contribution in [0.3, 0.4) is 0 Å². The summed E-state index contributed by atoms with van der Waals surface area (Å²) < 4.78 is 44.1. The predicted molar refractivity (Wildman–Crippen MR) is 67.9 cm³/mol. The summed E-state index contributed by atoms with van der Waals surface area (Å²) in [5, 5.41) is 3.11. The molecule has 0 heterocycles. The summed E-state index contributed by atoms with van der Waals surface area (Å²) in [4.78, 5) is 11.8. The van der Waals surface area contributed by atoms with Crippen LogP contribution in [0, 0.1) is 17.5 Å². The van der Waals surface area contributed by atoms with Crippen molar-refractivity contribution in [3.8, 4) is 0 Å². The van der Waals surface area contributed by atoms with Crippen molar-refractivity contribution >= 4 is 21.8 Å². The Labute approximate surface area is 117 Å². The Balaban J connectivity index is 2.85. The Bertz CT molecular complexity index is 451. The van der Waals surface area contributed by atoms with Crippen molar-refractivity contribution in [3.63, 3.8) is 0 Å². The van der Waals surface area contributed by atoms with E-state index in [2.05, 4.69) is 21.2 Å². The molecule has 1 amide bonds. The summed E-state index contributed by atoms with van der Waals surface area (Å²) in [5.74, 6) is -5.29. The smallest absolute Gasteiger partial charge is 0.254 e. The van der Waals surface area contributed by atoms with Crippen molar-refractivity contribution in [2.24, 2.45) is 0 Å². The second-order valence-electron chi connectivity index (χ2n) is 3.83. The summed E-state index contributed by atoms with van der Waals surface area (Å²) in [7, 11) is 1.46. The molecular formula is C12H13BrF3NO2. The Morgan fingerprint density at radius 3 is 2.63 bits per heavy atom. The highest BCUT2D eigenvalue weighted by atomic mass is 79.9. The van der Waals surface area contributed by atoms with Crippen LogP contribution in [0.4, 0.5) is 13.2 Å². The number of alkyl halides is 1. The lowest BCUT2D eigenvalue weighted by molar-refractivity contribution is 0.0890. The first-order valence-electron chi connectivity index (χ1n) is 5.50. The van der Waals surface area contributed by atoms with E-state index in [1.54, 1.807) is 0 Å². The Kier molecular flexibility index (Phi) is 6.30. The van der Waals surface area contributed by atoms with Crippen molar-refractivity contribution in [3.05, 3.63) is 35.1 Å². The number of carbonyl (C=O) groups excluding carboxylic acids is 1. The highest BCUT2D eigenvalue weighted by molar-refractivity contribution is 9.09. The molecular weight excluding hydrogens is 327 g/mol. The molecule has 0 fully saturated rings. The Morgan fingerprint density at radius 1 is 1.37 bits per heavy atom. The van der Waals surface area contributed by atoms with E-state index in [0.29, 0.717) is 17.8 Å². The summed E-state index contributed by atoms with van der Waals surface area (Å²) in [6.45, 7) is 0.239. The maximum Gasteiger partial charge on any atom is 0.254 e. The minimum atomic E-state index is -1.66. The zero-order valence-corrected chi connectivity index (χ0v) is 11.8. The minimum absolute atomic E-state index is 0.239. The molecule has 19 heavy (non-hydrogen) atoms. The highest BCUT2D eigenvalue weighted by Gasteiger charge is 2.20. The lowest BCUT2D eigenvalue weighted by Crippen LogP contribution is -2.38. The molecule has 1 unspecified atom stereocenters. The number of nitrogens with one attached hydrogen (secondary N) is 1. The number of amides is 1. The van der Waals surface area contributed by atoms with Gasteiger partial charge in [0, 0.05) is 12.4 Å². The second kappa shape index (κ2) is 7.49. The van der Waals surface area contributed by atoms with Crippen molar-refractivity contribution in [2.75, 3.05) is 19.0 Å². The molecule has 1 N–H and O–H groups in total. The average molecular weight is 340 g/mol. The maximum absolute atomic E-state index is 13.4. The van der Waals surface area contributed by atoms with Crippen LogP contribution in [-0.2, 0) is 4.74 Å². The number of carbonyl (C=O) groups is 1. The maximum atomic E-state index is 13.4. The molecule has 0 aliphatic rings. The SMILES string of the molecule is COCC(CCBr)NC(=O)c1ccc(F)c(F)c1F. The Morgan fingerprint density at radius 2 is 2.05 bits per heavy atom. The predicted octanol–water partition coefficient (Wildman–Crippen LogP) is 2.63.